The van der Waals surface area contributed by atoms with Crippen LogP contribution in [0, 0.1) is 5.82 Å². The Hall–Kier alpha value is -2.40. The molecule has 1 aromatic carbocycles. The summed E-state index contributed by atoms with van der Waals surface area (Å²) in [7, 11) is -3.74. The smallest absolute Gasteiger partial charge is 0.253 e. The van der Waals surface area contributed by atoms with E-state index in [1.54, 1.807) is 18.3 Å². The molecule has 1 fully saturated rings. The third kappa shape index (κ3) is 5.82. The van der Waals surface area contributed by atoms with Crippen molar-refractivity contribution in [3.05, 3.63) is 60.2 Å². The maximum atomic E-state index is 13.0. The zero-order valence-electron chi connectivity index (χ0n) is 16.2. The van der Waals surface area contributed by atoms with Crippen molar-refractivity contribution in [2.75, 3.05) is 13.2 Å². The van der Waals surface area contributed by atoms with Crippen LogP contribution in [-0.2, 0) is 14.8 Å². The van der Waals surface area contributed by atoms with Crippen LogP contribution in [0.2, 0.25) is 0 Å². The summed E-state index contributed by atoms with van der Waals surface area (Å²) < 4.78 is 45.8. The second-order valence-electron chi connectivity index (χ2n) is 7.02. The number of amides is 1. The standard InChI is InChI=1S/C20H24FN3O5S/c21-15-3-6-17(7-4-15)30(27,28)23-11-9-16-5-8-18(19(13-25)29-16)24-20(26)14-2-1-10-22-12-14/h1-4,6-7,10,12,16,18-19,23,25H,5,8-9,11,13H2,(H,24,26)/t16-,18+,19-/m1/s1. The van der Waals surface area contributed by atoms with E-state index in [1.165, 1.54) is 18.3 Å². The van der Waals surface area contributed by atoms with Crippen LogP contribution in [0.15, 0.2) is 53.7 Å². The van der Waals surface area contributed by atoms with Crippen LogP contribution in [0.4, 0.5) is 4.39 Å². The normalized spacial score (nSPS) is 21.9. The summed E-state index contributed by atoms with van der Waals surface area (Å²) in [6, 6.07) is 7.54. The van der Waals surface area contributed by atoms with Gasteiger partial charge in [-0.05, 0) is 55.7 Å². The van der Waals surface area contributed by atoms with Gasteiger partial charge in [0.25, 0.3) is 5.91 Å². The Labute approximate surface area is 174 Å². The molecule has 2 heterocycles. The van der Waals surface area contributed by atoms with Crippen LogP contribution < -0.4 is 10.0 Å². The maximum Gasteiger partial charge on any atom is 0.253 e. The lowest BCUT2D eigenvalue weighted by molar-refractivity contribution is -0.0891. The molecule has 1 saturated heterocycles. The van der Waals surface area contributed by atoms with Crippen LogP contribution in [-0.4, -0.2) is 55.8 Å². The zero-order valence-corrected chi connectivity index (χ0v) is 17.0. The molecule has 3 rings (SSSR count). The third-order valence-electron chi connectivity index (χ3n) is 4.92. The molecule has 162 valence electrons. The molecule has 0 radical (unpaired) electrons. The van der Waals surface area contributed by atoms with Gasteiger partial charge in [-0.25, -0.2) is 17.5 Å². The van der Waals surface area contributed by atoms with E-state index in [0.717, 1.165) is 12.1 Å². The maximum absolute atomic E-state index is 13.0. The summed E-state index contributed by atoms with van der Waals surface area (Å²) in [5, 5.41) is 12.5. The number of nitrogens with zero attached hydrogens (tertiary/aromatic N) is 1. The number of rotatable bonds is 8. The van der Waals surface area contributed by atoms with Crippen molar-refractivity contribution in [2.45, 2.75) is 42.4 Å². The van der Waals surface area contributed by atoms with Crippen LogP contribution >= 0.6 is 0 Å². The van der Waals surface area contributed by atoms with E-state index >= 15 is 0 Å². The molecule has 1 aromatic heterocycles. The highest BCUT2D eigenvalue weighted by Gasteiger charge is 2.32. The van der Waals surface area contributed by atoms with Crippen LogP contribution in [0.1, 0.15) is 29.6 Å². The molecular formula is C20H24FN3O5S. The lowest BCUT2D eigenvalue weighted by atomic mass is 9.97. The number of sulfonamides is 1. The molecule has 30 heavy (non-hydrogen) atoms. The predicted molar refractivity (Wildman–Crippen MR) is 107 cm³/mol. The van der Waals surface area contributed by atoms with Crippen molar-refractivity contribution in [3.8, 4) is 0 Å². The molecule has 2 aromatic rings. The Kier molecular flexibility index (Phi) is 7.48. The molecular weight excluding hydrogens is 413 g/mol. The van der Waals surface area contributed by atoms with Gasteiger partial charge in [0, 0.05) is 18.9 Å². The minimum Gasteiger partial charge on any atom is -0.394 e. The summed E-state index contributed by atoms with van der Waals surface area (Å²) in [5.74, 6) is -0.801. The molecule has 3 N–H and O–H groups in total. The number of pyridine rings is 1. The van der Waals surface area contributed by atoms with E-state index in [9.17, 15) is 22.7 Å². The number of hydrogen-bond acceptors (Lipinski definition) is 6. The summed E-state index contributed by atoms with van der Waals surface area (Å²) in [5.41, 5.74) is 0.423. The second-order valence-corrected chi connectivity index (χ2v) is 8.79. The molecule has 0 spiro atoms. The van der Waals surface area contributed by atoms with E-state index < -0.39 is 21.9 Å². The van der Waals surface area contributed by atoms with E-state index in [4.69, 9.17) is 4.74 Å². The van der Waals surface area contributed by atoms with Gasteiger partial charge in [0.2, 0.25) is 10.0 Å². The number of halogens is 1. The third-order valence-corrected chi connectivity index (χ3v) is 6.40. The van der Waals surface area contributed by atoms with Gasteiger partial charge in [0.1, 0.15) is 11.9 Å². The second kappa shape index (κ2) is 10.1. The molecule has 0 unspecified atom stereocenters. The van der Waals surface area contributed by atoms with Crippen LogP contribution in [0.25, 0.3) is 0 Å². The average molecular weight is 437 g/mol. The van der Waals surface area contributed by atoms with Crippen molar-refractivity contribution in [2.24, 2.45) is 0 Å². The first-order valence-corrected chi connectivity index (χ1v) is 11.1. The van der Waals surface area contributed by atoms with Gasteiger partial charge in [-0.3, -0.25) is 9.78 Å². The predicted octanol–water partition coefficient (Wildman–Crippen LogP) is 1.23. The van der Waals surface area contributed by atoms with Gasteiger partial charge < -0.3 is 15.2 Å². The Bertz CT molecular complexity index is 941. The number of nitrogens with one attached hydrogen (secondary N) is 2. The SMILES string of the molecule is O=C(N[C@H]1CC[C@H](CCNS(=O)(=O)c2ccc(F)cc2)O[C@@H]1CO)c1cccnc1. The number of aliphatic hydroxyl groups is 1. The zero-order chi connectivity index (χ0) is 21.6. The molecule has 0 aliphatic carbocycles. The molecule has 1 amide bonds. The molecule has 3 atom stereocenters. The first-order chi connectivity index (χ1) is 14.4. The molecule has 0 saturated carbocycles. The largest absolute Gasteiger partial charge is 0.394 e. The van der Waals surface area contributed by atoms with Gasteiger partial charge in [-0.1, -0.05) is 0 Å². The van der Waals surface area contributed by atoms with Crippen molar-refractivity contribution in [3.63, 3.8) is 0 Å². The number of ether oxygens (including phenoxy) is 1. The highest BCUT2D eigenvalue weighted by Crippen LogP contribution is 2.22. The minimum absolute atomic E-state index is 0.0140. The molecule has 10 heteroatoms. The molecule has 1 aliphatic rings. The van der Waals surface area contributed by atoms with Gasteiger partial charge >= 0.3 is 0 Å². The number of aromatic nitrogens is 1. The fourth-order valence-electron chi connectivity index (χ4n) is 3.31. The van der Waals surface area contributed by atoms with Crippen LogP contribution in [0.5, 0.6) is 0 Å². The quantitative estimate of drug-likeness (QED) is 0.572. The van der Waals surface area contributed by atoms with Gasteiger partial charge in [0.15, 0.2) is 0 Å². The molecule has 1 aliphatic heterocycles. The summed E-state index contributed by atoms with van der Waals surface area (Å²) in [4.78, 5) is 16.2. The number of benzene rings is 1. The Balaban J connectivity index is 1.49. The van der Waals surface area contributed by atoms with Crippen molar-refractivity contribution in [1.82, 2.24) is 15.0 Å². The van der Waals surface area contributed by atoms with Crippen molar-refractivity contribution in [1.29, 1.82) is 0 Å². The fourth-order valence-corrected chi connectivity index (χ4v) is 4.36. The number of carbonyl (C=O) groups is 1. The monoisotopic (exact) mass is 437 g/mol. The Morgan fingerprint density at radius 1 is 1.23 bits per heavy atom. The number of carbonyl (C=O) groups excluding carboxylic acids is 1. The Morgan fingerprint density at radius 3 is 2.67 bits per heavy atom. The van der Waals surface area contributed by atoms with E-state index in [1.807, 2.05) is 0 Å². The lowest BCUT2D eigenvalue weighted by Crippen LogP contribution is -2.51. The topological polar surface area (TPSA) is 118 Å². The first-order valence-electron chi connectivity index (χ1n) is 9.61. The summed E-state index contributed by atoms with van der Waals surface area (Å²) in [6.07, 6.45) is 3.79. The van der Waals surface area contributed by atoms with E-state index in [0.29, 0.717) is 24.8 Å². The highest BCUT2D eigenvalue weighted by atomic mass is 32.2. The van der Waals surface area contributed by atoms with Crippen LogP contribution in [0.3, 0.4) is 0 Å². The number of hydrogen-bond donors (Lipinski definition) is 3. The van der Waals surface area contributed by atoms with Gasteiger partial charge in [-0.15, -0.1) is 0 Å². The first kappa shape index (κ1) is 22.3. The summed E-state index contributed by atoms with van der Waals surface area (Å²) >= 11 is 0. The van der Waals surface area contributed by atoms with Gasteiger partial charge in [0.05, 0.1) is 29.2 Å². The van der Waals surface area contributed by atoms with E-state index in [-0.39, 0.29) is 36.1 Å². The highest BCUT2D eigenvalue weighted by molar-refractivity contribution is 7.89. The number of aliphatic hydroxyl groups excluding tert-OH is 1. The van der Waals surface area contributed by atoms with Crippen molar-refractivity contribution >= 4 is 15.9 Å². The lowest BCUT2D eigenvalue weighted by Gasteiger charge is -2.36. The van der Waals surface area contributed by atoms with E-state index in [2.05, 4.69) is 15.0 Å². The minimum atomic E-state index is -3.74. The Morgan fingerprint density at radius 2 is 2.00 bits per heavy atom. The summed E-state index contributed by atoms with van der Waals surface area (Å²) in [6.45, 7) is -0.134. The molecule has 0 bridgehead atoms. The van der Waals surface area contributed by atoms with Gasteiger partial charge in [-0.2, -0.15) is 0 Å². The fraction of sp³-hybridized carbons (Fsp3) is 0.400. The molecule has 8 nitrogen and oxygen atoms in total. The van der Waals surface area contributed by atoms with Crippen molar-refractivity contribution < 1.29 is 27.4 Å². The average Bonchev–Trinajstić information content (AvgIpc) is 2.75.